The Labute approximate surface area is 89.1 Å². The lowest BCUT2D eigenvalue weighted by Gasteiger charge is -2.29. The molecule has 0 amide bonds. The van der Waals surface area contributed by atoms with Crippen molar-refractivity contribution in [2.75, 3.05) is 0 Å². The van der Waals surface area contributed by atoms with Crippen LogP contribution in [0.25, 0.3) is 0 Å². The second-order valence-corrected chi connectivity index (χ2v) is 3.00. The van der Waals surface area contributed by atoms with Gasteiger partial charge in [-0.2, -0.15) is 0 Å². The summed E-state index contributed by atoms with van der Waals surface area (Å²) in [5.74, 6) is -11.7. The highest BCUT2D eigenvalue weighted by molar-refractivity contribution is 5.84. The molecule has 0 N–H and O–H groups in total. The van der Waals surface area contributed by atoms with E-state index < -0.39 is 48.6 Å². The summed E-state index contributed by atoms with van der Waals surface area (Å²) in [4.78, 5) is 41.2. The fourth-order valence-corrected chi connectivity index (χ4v) is 1.14. The average Bonchev–Trinajstić information content (AvgIpc) is 2.09. The summed E-state index contributed by atoms with van der Waals surface area (Å²) in [6, 6.07) is 0. The minimum atomic E-state index is -2.03. The van der Waals surface area contributed by atoms with Crippen LogP contribution in [0.4, 0.5) is 0 Å². The molecule has 8 heteroatoms. The summed E-state index contributed by atoms with van der Waals surface area (Å²) in [6.45, 7) is 0. The van der Waals surface area contributed by atoms with E-state index in [-0.39, 0.29) is 0 Å². The first-order chi connectivity index (χ1) is 7.25. The van der Waals surface area contributed by atoms with Crippen molar-refractivity contribution in [3.05, 3.63) is 0 Å². The number of hydrogen-bond donors (Lipinski definition) is 0. The molecule has 0 aliphatic heterocycles. The molecule has 16 heavy (non-hydrogen) atoms. The fraction of sp³-hybridized carbons (Fsp3) is 0.500. The number of carbonyl (C=O) groups is 4. The van der Waals surface area contributed by atoms with Crippen molar-refractivity contribution < 1.29 is 39.6 Å². The van der Waals surface area contributed by atoms with Crippen LogP contribution in [-0.4, -0.2) is 23.9 Å². The molecule has 8 nitrogen and oxygen atoms in total. The molecule has 0 aromatic carbocycles. The molecular weight excluding hydrogens is 224 g/mol. The molecule has 0 aromatic rings. The van der Waals surface area contributed by atoms with E-state index in [1.165, 1.54) is 0 Å². The van der Waals surface area contributed by atoms with E-state index in [9.17, 15) is 39.6 Å². The van der Waals surface area contributed by atoms with Gasteiger partial charge in [-0.1, -0.05) is 0 Å². The van der Waals surface area contributed by atoms with Gasteiger partial charge in [0.1, 0.15) is 0 Å². The van der Waals surface area contributed by atoms with Gasteiger partial charge < -0.3 is 39.6 Å². The lowest BCUT2D eigenvalue weighted by molar-refractivity contribution is -0.335. The van der Waals surface area contributed by atoms with Crippen LogP contribution < -0.4 is 20.4 Å². The van der Waals surface area contributed by atoms with Crippen molar-refractivity contribution in [1.29, 1.82) is 0 Å². The molecule has 0 spiro atoms. The third kappa shape index (κ3) is 4.40. The molecule has 2 atom stereocenters. The van der Waals surface area contributed by atoms with E-state index in [1.807, 2.05) is 0 Å². The second kappa shape index (κ2) is 5.69. The Morgan fingerprint density at radius 1 is 0.688 bits per heavy atom. The van der Waals surface area contributed by atoms with Gasteiger partial charge in [0.2, 0.25) is 0 Å². The van der Waals surface area contributed by atoms with Crippen LogP contribution in [0.3, 0.4) is 0 Å². The first-order valence-electron chi connectivity index (χ1n) is 4.07. The molecule has 0 saturated heterocycles. The standard InChI is InChI=1S/C8H10O8/c9-5(10)1-3(7(13)14)4(8(15)16)2-6(11)12/h3-4H,1-2H2,(H,9,10)(H,11,12)(H,13,14)(H,15,16)/p-4/t3-,4-/m0/s1. The third-order valence-electron chi connectivity index (χ3n) is 1.86. The molecule has 0 radical (unpaired) electrons. The van der Waals surface area contributed by atoms with E-state index >= 15 is 0 Å². The highest BCUT2D eigenvalue weighted by Gasteiger charge is 2.24. The second-order valence-electron chi connectivity index (χ2n) is 3.00. The van der Waals surface area contributed by atoms with Crippen LogP contribution in [0, 0.1) is 11.8 Å². The highest BCUT2D eigenvalue weighted by Crippen LogP contribution is 2.18. The molecule has 0 aromatic heterocycles. The van der Waals surface area contributed by atoms with Gasteiger partial charge in [0.15, 0.2) is 0 Å². The monoisotopic (exact) mass is 230 g/mol. The normalized spacial score (nSPS) is 13.8. The number of carboxylic acid groups (broad SMARTS) is 4. The molecule has 0 aliphatic carbocycles. The minimum absolute atomic E-state index is 1.17. The van der Waals surface area contributed by atoms with Gasteiger partial charge in [0.05, 0.1) is 0 Å². The van der Waals surface area contributed by atoms with Crippen LogP contribution in [0.1, 0.15) is 12.8 Å². The molecule has 0 aliphatic rings. The lowest BCUT2D eigenvalue weighted by atomic mass is 9.87. The zero-order chi connectivity index (χ0) is 12.9. The molecule has 0 fully saturated rings. The van der Waals surface area contributed by atoms with Crippen molar-refractivity contribution in [3.8, 4) is 0 Å². The predicted octanol–water partition coefficient (Wildman–Crippen LogP) is -6.00. The van der Waals surface area contributed by atoms with E-state index in [0.29, 0.717) is 0 Å². The zero-order valence-electron chi connectivity index (χ0n) is 7.83. The Balaban J connectivity index is 4.93. The largest absolute Gasteiger partial charge is 0.550 e. The first kappa shape index (κ1) is 13.9. The maximum atomic E-state index is 10.5. The lowest BCUT2D eigenvalue weighted by Crippen LogP contribution is -2.48. The summed E-state index contributed by atoms with van der Waals surface area (Å²) in [7, 11) is 0. The quantitative estimate of drug-likeness (QED) is 0.417. The van der Waals surface area contributed by atoms with Crippen molar-refractivity contribution in [2.45, 2.75) is 12.8 Å². The number of carboxylic acids is 4. The minimum Gasteiger partial charge on any atom is -0.550 e. The summed E-state index contributed by atoms with van der Waals surface area (Å²) in [6.07, 6.45) is -2.34. The maximum absolute atomic E-state index is 10.5. The number of rotatable bonds is 7. The summed E-state index contributed by atoms with van der Waals surface area (Å²) >= 11 is 0. The SMILES string of the molecule is O=C([O-])C[C@H](C(=O)[O-])[C@H](CC(=O)[O-])C(=O)[O-]. The van der Waals surface area contributed by atoms with E-state index in [1.54, 1.807) is 0 Å². The topological polar surface area (TPSA) is 161 Å². The van der Waals surface area contributed by atoms with Gasteiger partial charge in [-0.05, 0) is 12.8 Å². The highest BCUT2D eigenvalue weighted by atomic mass is 16.4. The van der Waals surface area contributed by atoms with Gasteiger partial charge in [-0.15, -0.1) is 0 Å². The van der Waals surface area contributed by atoms with E-state index in [0.717, 1.165) is 0 Å². The van der Waals surface area contributed by atoms with Gasteiger partial charge in [-0.3, -0.25) is 0 Å². The van der Waals surface area contributed by atoms with Crippen LogP contribution in [0.15, 0.2) is 0 Å². The predicted molar refractivity (Wildman–Crippen MR) is 36.2 cm³/mol. The van der Waals surface area contributed by atoms with Gasteiger partial charge >= 0.3 is 0 Å². The van der Waals surface area contributed by atoms with E-state index in [4.69, 9.17) is 0 Å². The Morgan fingerprint density at radius 2 is 0.938 bits per heavy atom. The van der Waals surface area contributed by atoms with Crippen LogP contribution in [0.2, 0.25) is 0 Å². The number of hydrogen-bond acceptors (Lipinski definition) is 8. The molecule has 0 bridgehead atoms. The summed E-state index contributed by atoms with van der Waals surface area (Å²) < 4.78 is 0. The Bertz CT molecular complexity index is 288. The van der Waals surface area contributed by atoms with Crippen molar-refractivity contribution in [3.63, 3.8) is 0 Å². The molecule has 0 heterocycles. The Hall–Kier alpha value is -2.12. The number of carbonyl (C=O) groups excluding carboxylic acids is 4. The summed E-state index contributed by atoms with van der Waals surface area (Å²) in [5, 5.41) is 41.2. The van der Waals surface area contributed by atoms with Gasteiger partial charge in [-0.25, -0.2) is 0 Å². The van der Waals surface area contributed by atoms with Crippen LogP contribution in [-0.2, 0) is 19.2 Å². The molecule has 0 saturated carbocycles. The summed E-state index contributed by atoms with van der Waals surface area (Å²) in [5.41, 5.74) is 0. The van der Waals surface area contributed by atoms with E-state index in [2.05, 4.69) is 0 Å². The van der Waals surface area contributed by atoms with Gasteiger partial charge in [0.25, 0.3) is 0 Å². The molecule has 0 unspecified atom stereocenters. The van der Waals surface area contributed by atoms with Crippen molar-refractivity contribution in [1.82, 2.24) is 0 Å². The van der Waals surface area contributed by atoms with Crippen LogP contribution in [0.5, 0.6) is 0 Å². The smallest absolute Gasteiger partial charge is 0.0455 e. The fourth-order valence-electron chi connectivity index (χ4n) is 1.14. The first-order valence-corrected chi connectivity index (χ1v) is 4.07. The van der Waals surface area contributed by atoms with Crippen molar-refractivity contribution in [2.24, 2.45) is 11.8 Å². The molecular formula is C8H6O8-4. The zero-order valence-corrected chi connectivity index (χ0v) is 7.83. The van der Waals surface area contributed by atoms with Crippen LogP contribution >= 0.6 is 0 Å². The Morgan fingerprint density at radius 3 is 1.06 bits per heavy atom. The molecule has 0 rings (SSSR count). The molecule has 90 valence electrons. The average molecular weight is 230 g/mol. The third-order valence-corrected chi connectivity index (χ3v) is 1.86. The van der Waals surface area contributed by atoms with Crippen molar-refractivity contribution >= 4 is 23.9 Å². The number of aliphatic carboxylic acids is 4. The Kier molecular flexibility index (Phi) is 4.93. The maximum Gasteiger partial charge on any atom is 0.0455 e. The van der Waals surface area contributed by atoms with Gasteiger partial charge in [0, 0.05) is 35.7 Å².